The summed E-state index contributed by atoms with van der Waals surface area (Å²) in [5, 5.41) is 11.4. The van der Waals surface area contributed by atoms with E-state index in [0.29, 0.717) is 22.1 Å². The molecular weight excluding hydrogens is 278 g/mol. The number of thiazole rings is 1. The standard InChI is InChI=1S/C11H8ClNO4S/c12-7-2-9-8(16-5-17-9)1-6(7)3-13-10(14)4-18-11(13)15/h1-2,4,14H,3,5H2. The molecule has 0 amide bonds. The Hall–Kier alpha value is -1.66. The van der Waals surface area contributed by atoms with Crippen LogP contribution in [0.3, 0.4) is 0 Å². The fraction of sp³-hybridized carbons (Fsp3) is 0.182. The van der Waals surface area contributed by atoms with Gasteiger partial charge in [-0.3, -0.25) is 9.36 Å². The quantitative estimate of drug-likeness (QED) is 0.917. The third kappa shape index (κ3) is 1.83. The van der Waals surface area contributed by atoms with Crippen molar-refractivity contribution in [3.63, 3.8) is 0 Å². The van der Waals surface area contributed by atoms with Crippen LogP contribution in [0.1, 0.15) is 5.56 Å². The van der Waals surface area contributed by atoms with Gasteiger partial charge in [0.05, 0.1) is 11.9 Å². The van der Waals surface area contributed by atoms with Gasteiger partial charge in [0.25, 0.3) is 0 Å². The van der Waals surface area contributed by atoms with Crippen molar-refractivity contribution in [3.8, 4) is 17.4 Å². The van der Waals surface area contributed by atoms with Crippen LogP contribution in [0, 0.1) is 0 Å². The van der Waals surface area contributed by atoms with Gasteiger partial charge < -0.3 is 14.6 Å². The van der Waals surface area contributed by atoms with Gasteiger partial charge in [-0.25, -0.2) is 0 Å². The number of fused-ring (bicyclic) bond motifs is 1. The molecule has 1 N–H and O–H groups in total. The van der Waals surface area contributed by atoms with Crippen molar-refractivity contribution in [1.29, 1.82) is 0 Å². The van der Waals surface area contributed by atoms with E-state index in [1.54, 1.807) is 12.1 Å². The van der Waals surface area contributed by atoms with Gasteiger partial charge in [-0.1, -0.05) is 22.9 Å². The third-order valence-electron chi connectivity index (χ3n) is 2.63. The van der Waals surface area contributed by atoms with Crippen LogP contribution < -0.4 is 14.3 Å². The summed E-state index contributed by atoms with van der Waals surface area (Å²) >= 11 is 7.04. The topological polar surface area (TPSA) is 60.7 Å². The van der Waals surface area contributed by atoms with Crippen LogP contribution >= 0.6 is 22.9 Å². The summed E-state index contributed by atoms with van der Waals surface area (Å²) < 4.78 is 11.7. The van der Waals surface area contributed by atoms with Crippen LogP contribution in [0.15, 0.2) is 22.3 Å². The Labute approximate surface area is 111 Å². The van der Waals surface area contributed by atoms with Crippen LogP contribution in [0.4, 0.5) is 0 Å². The van der Waals surface area contributed by atoms with E-state index in [2.05, 4.69) is 0 Å². The molecule has 0 unspecified atom stereocenters. The molecule has 7 heteroatoms. The highest BCUT2D eigenvalue weighted by Gasteiger charge is 2.17. The molecule has 18 heavy (non-hydrogen) atoms. The Morgan fingerprint density at radius 2 is 2.11 bits per heavy atom. The minimum Gasteiger partial charge on any atom is -0.494 e. The smallest absolute Gasteiger partial charge is 0.310 e. The van der Waals surface area contributed by atoms with Crippen molar-refractivity contribution < 1.29 is 14.6 Å². The number of benzene rings is 1. The minimum absolute atomic E-state index is 0.0706. The Morgan fingerprint density at radius 3 is 2.78 bits per heavy atom. The van der Waals surface area contributed by atoms with Crippen molar-refractivity contribution in [2.75, 3.05) is 6.79 Å². The molecule has 1 aromatic heterocycles. The second-order valence-corrected chi connectivity index (χ2v) is 4.97. The zero-order chi connectivity index (χ0) is 12.7. The molecule has 0 saturated carbocycles. The second-order valence-electron chi connectivity index (χ2n) is 3.74. The van der Waals surface area contributed by atoms with Crippen molar-refractivity contribution in [3.05, 3.63) is 37.8 Å². The summed E-state index contributed by atoms with van der Waals surface area (Å²) in [6, 6.07) is 3.36. The van der Waals surface area contributed by atoms with E-state index in [9.17, 15) is 9.90 Å². The minimum atomic E-state index is -0.235. The first kappa shape index (κ1) is 11.4. The number of halogens is 1. The SMILES string of the molecule is O=c1scc(O)n1Cc1cc2c(cc1Cl)OCO2. The van der Waals surface area contributed by atoms with Gasteiger partial charge in [-0.15, -0.1) is 0 Å². The predicted octanol–water partition coefficient (Wildman–Crippen LogP) is 2.05. The molecule has 1 aromatic carbocycles. The predicted molar refractivity (Wildman–Crippen MR) is 66.9 cm³/mol. The molecule has 0 spiro atoms. The Bertz CT molecular complexity index is 664. The zero-order valence-corrected chi connectivity index (χ0v) is 10.6. The van der Waals surface area contributed by atoms with Crippen LogP contribution in [0.2, 0.25) is 5.02 Å². The largest absolute Gasteiger partial charge is 0.494 e. The number of aromatic nitrogens is 1. The van der Waals surface area contributed by atoms with Gasteiger partial charge in [0, 0.05) is 11.1 Å². The highest BCUT2D eigenvalue weighted by Crippen LogP contribution is 2.37. The molecular formula is C11H8ClNO4S. The molecule has 1 aliphatic heterocycles. The number of aromatic hydroxyl groups is 1. The Kier molecular flexibility index (Phi) is 2.68. The van der Waals surface area contributed by atoms with Crippen molar-refractivity contribution >= 4 is 22.9 Å². The first-order valence-corrected chi connectivity index (χ1v) is 6.36. The highest BCUT2D eigenvalue weighted by molar-refractivity contribution is 7.07. The molecule has 3 rings (SSSR count). The normalized spacial score (nSPS) is 12.9. The fourth-order valence-corrected chi connectivity index (χ4v) is 2.55. The number of hydrogen-bond acceptors (Lipinski definition) is 5. The van der Waals surface area contributed by atoms with E-state index < -0.39 is 0 Å². The van der Waals surface area contributed by atoms with Crippen molar-refractivity contribution in [2.24, 2.45) is 0 Å². The number of nitrogens with zero attached hydrogens (tertiary/aromatic N) is 1. The lowest BCUT2D eigenvalue weighted by Crippen LogP contribution is -2.13. The number of rotatable bonds is 2. The molecule has 0 fully saturated rings. The number of ether oxygens (including phenoxy) is 2. The molecule has 0 saturated heterocycles. The Balaban J connectivity index is 2.01. The first-order valence-electron chi connectivity index (χ1n) is 5.10. The van der Waals surface area contributed by atoms with Gasteiger partial charge in [-0.05, 0) is 11.6 Å². The lowest BCUT2D eigenvalue weighted by molar-refractivity contribution is 0.174. The van der Waals surface area contributed by atoms with Crippen LogP contribution in [0.25, 0.3) is 0 Å². The highest BCUT2D eigenvalue weighted by atomic mass is 35.5. The van der Waals surface area contributed by atoms with Gasteiger partial charge in [0.2, 0.25) is 12.7 Å². The molecule has 0 radical (unpaired) electrons. The molecule has 5 nitrogen and oxygen atoms in total. The summed E-state index contributed by atoms with van der Waals surface area (Å²) in [6.07, 6.45) is 0. The molecule has 2 aromatic rings. The molecule has 1 aliphatic rings. The molecule has 0 atom stereocenters. The van der Waals surface area contributed by atoms with Crippen molar-refractivity contribution in [2.45, 2.75) is 6.54 Å². The van der Waals surface area contributed by atoms with E-state index in [4.69, 9.17) is 21.1 Å². The average Bonchev–Trinajstić information content (AvgIpc) is 2.90. The summed E-state index contributed by atoms with van der Waals surface area (Å²) in [7, 11) is 0. The monoisotopic (exact) mass is 285 g/mol. The van der Waals surface area contributed by atoms with Gasteiger partial charge in [-0.2, -0.15) is 0 Å². The molecule has 0 aliphatic carbocycles. The lowest BCUT2D eigenvalue weighted by atomic mass is 10.2. The third-order valence-corrected chi connectivity index (χ3v) is 3.73. The van der Waals surface area contributed by atoms with E-state index in [1.807, 2.05) is 0 Å². The lowest BCUT2D eigenvalue weighted by Gasteiger charge is -2.07. The fourth-order valence-electron chi connectivity index (χ4n) is 1.72. The second kappa shape index (κ2) is 4.22. The maximum absolute atomic E-state index is 11.5. The average molecular weight is 286 g/mol. The molecule has 94 valence electrons. The maximum atomic E-state index is 11.5. The van der Waals surface area contributed by atoms with E-state index in [1.165, 1.54) is 9.95 Å². The van der Waals surface area contributed by atoms with Gasteiger partial charge in [0.1, 0.15) is 0 Å². The number of hydrogen-bond donors (Lipinski definition) is 1. The van der Waals surface area contributed by atoms with Gasteiger partial charge in [0.15, 0.2) is 11.5 Å². The summed E-state index contributed by atoms with van der Waals surface area (Å²) in [4.78, 5) is 11.3. The van der Waals surface area contributed by atoms with Gasteiger partial charge >= 0.3 is 4.87 Å². The van der Waals surface area contributed by atoms with Crippen molar-refractivity contribution in [1.82, 2.24) is 4.57 Å². The van der Waals surface area contributed by atoms with Crippen LogP contribution in [-0.4, -0.2) is 16.5 Å². The van der Waals surface area contributed by atoms with E-state index in [-0.39, 0.29) is 24.1 Å². The van der Waals surface area contributed by atoms with E-state index >= 15 is 0 Å². The van der Waals surface area contributed by atoms with Crippen LogP contribution in [0.5, 0.6) is 17.4 Å². The zero-order valence-electron chi connectivity index (χ0n) is 9.05. The first-order chi connectivity index (χ1) is 8.65. The summed E-state index contributed by atoms with van der Waals surface area (Å²) in [6.45, 7) is 0.363. The van der Waals surface area contributed by atoms with Crippen LogP contribution in [-0.2, 0) is 6.54 Å². The molecule has 2 heterocycles. The van der Waals surface area contributed by atoms with E-state index in [0.717, 1.165) is 11.3 Å². The summed E-state index contributed by atoms with van der Waals surface area (Å²) in [5.74, 6) is 1.11. The Morgan fingerprint density at radius 1 is 1.39 bits per heavy atom. The maximum Gasteiger partial charge on any atom is 0.310 e. The summed E-state index contributed by atoms with van der Waals surface area (Å²) in [5.41, 5.74) is 0.691. The molecule has 0 bridgehead atoms.